The SMILES string of the molecule is C=COCC(C)(C)NC#N. The molecule has 0 atom stereocenters. The molecule has 0 saturated carbocycles. The van der Waals surface area contributed by atoms with Crippen molar-refractivity contribution in [2.75, 3.05) is 6.61 Å². The van der Waals surface area contributed by atoms with Gasteiger partial charge in [-0.1, -0.05) is 6.58 Å². The van der Waals surface area contributed by atoms with E-state index in [-0.39, 0.29) is 5.54 Å². The first kappa shape index (κ1) is 8.83. The summed E-state index contributed by atoms with van der Waals surface area (Å²) >= 11 is 0. The zero-order chi connectivity index (χ0) is 8.04. The quantitative estimate of drug-likeness (QED) is 0.360. The monoisotopic (exact) mass is 140 g/mol. The average Bonchev–Trinajstić information content (AvgIpc) is 1.84. The largest absolute Gasteiger partial charge is 0.499 e. The van der Waals surface area contributed by atoms with Gasteiger partial charge in [0, 0.05) is 0 Å². The topological polar surface area (TPSA) is 45.0 Å². The fraction of sp³-hybridized carbons (Fsp3) is 0.571. The highest BCUT2D eigenvalue weighted by Gasteiger charge is 2.15. The van der Waals surface area contributed by atoms with Gasteiger partial charge in [0.25, 0.3) is 0 Å². The molecule has 0 unspecified atom stereocenters. The van der Waals surface area contributed by atoms with Gasteiger partial charge in [-0.3, -0.25) is 0 Å². The minimum absolute atomic E-state index is 0.303. The Kier molecular flexibility index (Phi) is 3.34. The molecule has 0 rings (SSSR count). The van der Waals surface area contributed by atoms with Crippen molar-refractivity contribution in [1.82, 2.24) is 5.32 Å². The average molecular weight is 140 g/mol. The van der Waals surface area contributed by atoms with Crippen molar-refractivity contribution in [2.45, 2.75) is 19.4 Å². The Morgan fingerprint density at radius 2 is 2.40 bits per heavy atom. The standard InChI is InChI=1S/C7H12N2O/c1-4-10-5-7(2,3)9-6-8/h4,9H,1,5H2,2-3H3. The lowest BCUT2D eigenvalue weighted by Gasteiger charge is -2.21. The molecule has 56 valence electrons. The summed E-state index contributed by atoms with van der Waals surface area (Å²) < 4.78 is 4.90. The number of nitriles is 1. The molecule has 1 N–H and O–H groups in total. The predicted molar refractivity (Wildman–Crippen MR) is 39.0 cm³/mol. The number of ether oxygens (including phenoxy) is 1. The third-order valence-corrected chi connectivity index (χ3v) is 0.956. The van der Waals surface area contributed by atoms with E-state index in [1.165, 1.54) is 6.26 Å². The van der Waals surface area contributed by atoms with Crippen LogP contribution < -0.4 is 5.32 Å². The van der Waals surface area contributed by atoms with E-state index in [0.29, 0.717) is 6.61 Å². The van der Waals surface area contributed by atoms with Crippen LogP contribution in [0.2, 0.25) is 0 Å². The fourth-order valence-corrected chi connectivity index (χ4v) is 0.455. The fourth-order valence-electron chi connectivity index (χ4n) is 0.455. The van der Waals surface area contributed by atoms with Crippen LogP contribution in [0.25, 0.3) is 0 Å². The maximum Gasteiger partial charge on any atom is 0.177 e. The first-order valence-corrected chi connectivity index (χ1v) is 3.01. The van der Waals surface area contributed by atoms with E-state index in [2.05, 4.69) is 11.9 Å². The van der Waals surface area contributed by atoms with E-state index in [4.69, 9.17) is 10.00 Å². The van der Waals surface area contributed by atoms with Crippen LogP contribution in [-0.2, 0) is 4.74 Å². The van der Waals surface area contributed by atoms with Gasteiger partial charge >= 0.3 is 0 Å². The molecule has 0 aromatic heterocycles. The van der Waals surface area contributed by atoms with E-state index < -0.39 is 0 Å². The molecule has 0 heterocycles. The third-order valence-electron chi connectivity index (χ3n) is 0.956. The summed E-state index contributed by atoms with van der Waals surface area (Å²) in [7, 11) is 0. The number of rotatable bonds is 4. The van der Waals surface area contributed by atoms with E-state index in [1.807, 2.05) is 20.0 Å². The van der Waals surface area contributed by atoms with Gasteiger partial charge in [-0.15, -0.1) is 0 Å². The number of nitrogens with zero attached hydrogens (tertiary/aromatic N) is 1. The van der Waals surface area contributed by atoms with Crippen LogP contribution in [0.4, 0.5) is 0 Å². The van der Waals surface area contributed by atoms with Crippen LogP contribution in [0.5, 0.6) is 0 Å². The second kappa shape index (κ2) is 3.78. The smallest absolute Gasteiger partial charge is 0.177 e. The summed E-state index contributed by atoms with van der Waals surface area (Å²) in [5.41, 5.74) is -0.303. The Hall–Kier alpha value is -1.17. The van der Waals surface area contributed by atoms with E-state index in [1.54, 1.807) is 0 Å². The van der Waals surface area contributed by atoms with Crippen LogP contribution in [-0.4, -0.2) is 12.1 Å². The van der Waals surface area contributed by atoms with Crippen molar-refractivity contribution in [2.24, 2.45) is 0 Å². The summed E-state index contributed by atoms with van der Waals surface area (Å²) in [4.78, 5) is 0. The van der Waals surface area contributed by atoms with Crippen LogP contribution in [0.15, 0.2) is 12.8 Å². The first-order valence-electron chi connectivity index (χ1n) is 3.01. The highest BCUT2D eigenvalue weighted by Crippen LogP contribution is 2.00. The Morgan fingerprint density at radius 1 is 1.80 bits per heavy atom. The maximum absolute atomic E-state index is 8.26. The lowest BCUT2D eigenvalue weighted by Crippen LogP contribution is -2.39. The molecule has 10 heavy (non-hydrogen) atoms. The Balaban J connectivity index is 3.64. The molecule has 0 fully saturated rings. The molecule has 0 aromatic rings. The molecule has 0 amide bonds. The predicted octanol–water partition coefficient (Wildman–Crippen LogP) is 0.996. The normalized spacial score (nSPS) is 9.70. The molecule has 0 bridgehead atoms. The maximum atomic E-state index is 8.26. The van der Waals surface area contributed by atoms with Gasteiger partial charge in [0.2, 0.25) is 0 Å². The van der Waals surface area contributed by atoms with Crippen molar-refractivity contribution in [3.05, 3.63) is 12.8 Å². The van der Waals surface area contributed by atoms with Crippen molar-refractivity contribution >= 4 is 0 Å². The van der Waals surface area contributed by atoms with Gasteiger partial charge in [-0.05, 0) is 13.8 Å². The molecule has 3 heteroatoms. The lowest BCUT2D eigenvalue weighted by atomic mass is 10.1. The highest BCUT2D eigenvalue weighted by atomic mass is 16.5. The minimum Gasteiger partial charge on any atom is -0.499 e. The molecule has 0 aliphatic rings. The third kappa shape index (κ3) is 3.79. The number of hydrogen-bond acceptors (Lipinski definition) is 3. The molecule has 0 aliphatic carbocycles. The molecular weight excluding hydrogens is 128 g/mol. The summed E-state index contributed by atoms with van der Waals surface area (Å²) in [5.74, 6) is 0. The second-order valence-electron chi connectivity index (χ2n) is 2.60. The van der Waals surface area contributed by atoms with E-state index >= 15 is 0 Å². The summed E-state index contributed by atoms with van der Waals surface area (Å²) in [6.45, 7) is 7.59. The van der Waals surface area contributed by atoms with Crippen LogP contribution in [0, 0.1) is 11.5 Å². The zero-order valence-electron chi connectivity index (χ0n) is 6.35. The van der Waals surface area contributed by atoms with Crippen molar-refractivity contribution in [3.8, 4) is 6.19 Å². The van der Waals surface area contributed by atoms with Gasteiger partial charge < -0.3 is 10.1 Å². The second-order valence-corrected chi connectivity index (χ2v) is 2.60. The van der Waals surface area contributed by atoms with Crippen LogP contribution in [0.3, 0.4) is 0 Å². The van der Waals surface area contributed by atoms with Crippen LogP contribution in [0.1, 0.15) is 13.8 Å². The molecular formula is C7H12N2O. The zero-order valence-corrected chi connectivity index (χ0v) is 6.35. The van der Waals surface area contributed by atoms with Crippen molar-refractivity contribution < 1.29 is 4.74 Å². The van der Waals surface area contributed by atoms with Crippen molar-refractivity contribution in [3.63, 3.8) is 0 Å². The van der Waals surface area contributed by atoms with Crippen LogP contribution >= 0.6 is 0 Å². The van der Waals surface area contributed by atoms with E-state index in [0.717, 1.165) is 0 Å². The first-order chi connectivity index (χ1) is 4.62. The van der Waals surface area contributed by atoms with Gasteiger partial charge in [0.15, 0.2) is 6.19 Å². The lowest BCUT2D eigenvalue weighted by molar-refractivity contribution is 0.176. The van der Waals surface area contributed by atoms with Gasteiger partial charge in [-0.25, -0.2) is 0 Å². The number of nitrogens with one attached hydrogen (secondary N) is 1. The molecule has 3 nitrogen and oxygen atoms in total. The van der Waals surface area contributed by atoms with Crippen molar-refractivity contribution in [1.29, 1.82) is 5.26 Å². The highest BCUT2D eigenvalue weighted by molar-refractivity contribution is 4.85. The summed E-state index contributed by atoms with van der Waals surface area (Å²) in [6, 6.07) is 0. The van der Waals surface area contributed by atoms with Gasteiger partial charge in [0.05, 0.1) is 11.8 Å². The summed E-state index contributed by atoms with van der Waals surface area (Å²) in [6.07, 6.45) is 3.21. The Morgan fingerprint density at radius 3 is 2.80 bits per heavy atom. The molecule has 0 aliphatic heterocycles. The van der Waals surface area contributed by atoms with Gasteiger partial charge in [0.1, 0.15) is 6.61 Å². The van der Waals surface area contributed by atoms with Gasteiger partial charge in [-0.2, -0.15) is 5.26 Å². The molecule has 0 radical (unpaired) electrons. The number of hydrogen-bond donors (Lipinski definition) is 1. The molecule has 0 aromatic carbocycles. The molecule has 0 saturated heterocycles. The van der Waals surface area contributed by atoms with E-state index in [9.17, 15) is 0 Å². The summed E-state index contributed by atoms with van der Waals surface area (Å²) in [5, 5.41) is 10.8. The molecule has 0 spiro atoms. The Labute approximate surface area is 61.3 Å². The Bertz CT molecular complexity index is 146. The minimum atomic E-state index is -0.303.